The largest absolute Gasteiger partial charge is 0.477 e. The zero-order valence-electron chi connectivity index (χ0n) is 9.64. The van der Waals surface area contributed by atoms with Crippen molar-refractivity contribution < 1.29 is 9.90 Å². The highest BCUT2D eigenvalue weighted by Crippen LogP contribution is 2.23. The van der Waals surface area contributed by atoms with Crippen molar-refractivity contribution in [2.75, 3.05) is 5.32 Å². The Hall–Kier alpha value is -1.63. The van der Waals surface area contributed by atoms with E-state index in [2.05, 4.69) is 32.9 Å². The van der Waals surface area contributed by atoms with Crippen LogP contribution >= 0.6 is 22.6 Å². The van der Waals surface area contributed by atoms with Gasteiger partial charge in [-0.2, -0.15) is 0 Å². The van der Waals surface area contributed by atoms with Gasteiger partial charge in [0, 0.05) is 9.26 Å². The zero-order chi connectivity index (χ0) is 13.1. The second-order valence-electron chi connectivity index (χ2n) is 3.77. The molecule has 0 aliphatic carbocycles. The normalized spacial score (nSPS) is 10.1. The van der Waals surface area contributed by atoms with Gasteiger partial charge in [0.2, 0.25) is 0 Å². The van der Waals surface area contributed by atoms with Crippen molar-refractivity contribution in [3.8, 4) is 0 Å². The Labute approximate surface area is 118 Å². The first-order valence-corrected chi connectivity index (χ1v) is 6.37. The third kappa shape index (κ3) is 2.79. The first-order valence-electron chi connectivity index (χ1n) is 5.29. The highest BCUT2D eigenvalue weighted by Gasteiger charge is 2.05. The zero-order valence-corrected chi connectivity index (χ0v) is 11.8. The van der Waals surface area contributed by atoms with Gasteiger partial charge in [0.25, 0.3) is 0 Å². The summed E-state index contributed by atoms with van der Waals surface area (Å²) in [6, 6.07) is 9.16. The van der Waals surface area contributed by atoms with E-state index in [1.165, 1.54) is 15.8 Å². The van der Waals surface area contributed by atoms with E-state index in [0.717, 1.165) is 16.9 Å². The summed E-state index contributed by atoms with van der Waals surface area (Å²) in [5, 5.41) is 12.0. The lowest BCUT2D eigenvalue weighted by atomic mass is 10.2. The van der Waals surface area contributed by atoms with E-state index in [0.29, 0.717) is 0 Å². The van der Waals surface area contributed by atoms with Crippen LogP contribution in [0.5, 0.6) is 0 Å². The molecule has 5 heteroatoms. The van der Waals surface area contributed by atoms with Crippen LogP contribution in [0.4, 0.5) is 11.4 Å². The lowest BCUT2D eigenvalue weighted by Gasteiger charge is -2.10. The van der Waals surface area contributed by atoms with Gasteiger partial charge in [0.05, 0.1) is 11.9 Å². The highest BCUT2D eigenvalue weighted by atomic mass is 127. The van der Waals surface area contributed by atoms with Crippen LogP contribution in [-0.4, -0.2) is 16.1 Å². The van der Waals surface area contributed by atoms with Crippen molar-refractivity contribution in [3.63, 3.8) is 0 Å². The number of benzene rings is 1. The molecule has 1 heterocycles. The van der Waals surface area contributed by atoms with Gasteiger partial charge in [-0.05, 0) is 59.3 Å². The summed E-state index contributed by atoms with van der Waals surface area (Å²) in [7, 11) is 0. The fourth-order valence-corrected chi connectivity index (χ4v) is 1.99. The Morgan fingerprint density at radius 2 is 2.11 bits per heavy atom. The van der Waals surface area contributed by atoms with E-state index in [-0.39, 0.29) is 5.69 Å². The summed E-state index contributed by atoms with van der Waals surface area (Å²) in [6.45, 7) is 2.03. The van der Waals surface area contributed by atoms with Crippen molar-refractivity contribution in [1.29, 1.82) is 0 Å². The Morgan fingerprint density at radius 1 is 1.33 bits per heavy atom. The van der Waals surface area contributed by atoms with Crippen molar-refractivity contribution in [2.45, 2.75) is 6.92 Å². The van der Waals surface area contributed by atoms with Gasteiger partial charge in [-0.15, -0.1) is 0 Å². The molecule has 2 aromatic rings. The number of anilines is 2. The van der Waals surface area contributed by atoms with Crippen LogP contribution in [0.2, 0.25) is 0 Å². The van der Waals surface area contributed by atoms with Gasteiger partial charge in [0.1, 0.15) is 5.69 Å². The molecule has 0 aliphatic rings. The van der Waals surface area contributed by atoms with Gasteiger partial charge in [-0.3, -0.25) is 0 Å². The molecule has 0 unspecified atom stereocenters. The number of nitrogens with one attached hydrogen (secondary N) is 1. The molecule has 1 aromatic carbocycles. The van der Waals surface area contributed by atoms with Crippen molar-refractivity contribution in [2.24, 2.45) is 0 Å². The molecule has 18 heavy (non-hydrogen) atoms. The summed E-state index contributed by atoms with van der Waals surface area (Å²) < 4.78 is 1.17. The minimum absolute atomic E-state index is 0.0416. The third-order valence-electron chi connectivity index (χ3n) is 2.53. The summed E-state index contributed by atoms with van der Waals surface area (Å²) >= 11 is 2.27. The molecule has 0 radical (unpaired) electrons. The molecule has 0 saturated carbocycles. The number of carboxylic acids is 1. The summed E-state index contributed by atoms with van der Waals surface area (Å²) in [6.07, 6.45) is 1.52. The maximum Gasteiger partial charge on any atom is 0.354 e. The number of halogens is 1. The van der Waals surface area contributed by atoms with E-state index >= 15 is 0 Å². The molecule has 92 valence electrons. The third-order valence-corrected chi connectivity index (χ3v) is 3.70. The van der Waals surface area contributed by atoms with E-state index in [4.69, 9.17) is 5.11 Å². The molecule has 0 bridgehead atoms. The fourth-order valence-electron chi connectivity index (χ4n) is 1.49. The number of pyridine rings is 1. The number of carbonyl (C=O) groups is 1. The summed E-state index contributed by atoms with van der Waals surface area (Å²) in [5.41, 5.74) is 2.96. The minimum Gasteiger partial charge on any atom is -0.477 e. The summed E-state index contributed by atoms with van der Waals surface area (Å²) in [5.74, 6) is -1.02. The number of nitrogens with zero attached hydrogens (tertiary/aromatic N) is 1. The van der Waals surface area contributed by atoms with E-state index in [1.807, 2.05) is 25.1 Å². The van der Waals surface area contributed by atoms with E-state index < -0.39 is 5.97 Å². The Kier molecular flexibility index (Phi) is 3.81. The summed E-state index contributed by atoms with van der Waals surface area (Å²) in [4.78, 5) is 14.5. The van der Waals surface area contributed by atoms with Crippen LogP contribution in [0, 0.1) is 10.5 Å². The first-order chi connectivity index (χ1) is 8.58. The quantitative estimate of drug-likeness (QED) is 0.829. The average molecular weight is 354 g/mol. The van der Waals surface area contributed by atoms with Gasteiger partial charge in [0.15, 0.2) is 0 Å². The maximum absolute atomic E-state index is 10.7. The molecule has 2 N–H and O–H groups in total. The van der Waals surface area contributed by atoms with Crippen LogP contribution in [0.15, 0.2) is 36.5 Å². The topological polar surface area (TPSA) is 62.2 Å². The molecular weight excluding hydrogens is 343 g/mol. The van der Waals surface area contributed by atoms with Crippen LogP contribution in [0.3, 0.4) is 0 Å². The number of rotatable bonds is 3. The van der Waals surface area contributed by atoms with Gasteiger partial charge >= 0.3 is 5.97 Å². The first kappa shape index (κ1) is 12.8. The Bertz CT molecular complexity index is 582. The molecule has 0 saturated heterocycles. The van der Waals surface area contributed by atoms with Crippen molar-refractivity contribution in [1.82, 2.24) is 4.98 Å². The average Bonchev–Trinajstić information content (AvgIpc) is 2.36. The monoisotopic (exact) mass is 354 g/mol. The number of aromatic carboxylic acids is 1. The standard InChI is InChI=1S/C13H11IN2O2/c1-8-10(14)3-2-4-11(8)16-9-5-6-12(13(17)18)15-7-9/h2-7,16H,1H3,(H,17,18). The fraction of sp³-hybridized carbons (Fsp3) is 0.0769. The second kappa shape index (κ2) is 5.34. The van der Waals surface area contributed by atoms with Gasteiger partial charge in [-0.25, -0.2) is 9.78 Å². The second-order valence-corrected chi connectivity index (χ2v) is 4.94. The van der Waals surface area contributed by atoms with Crippen LogP contribution in [0.1, 0.15) is 16.1 Å². The number of hydrogen-bond acceptors (Lipinski definition) is 3. The van der Waals surface area contributed by atoms with Crippen LogP contribution in [0.25, 0.3) is 0 Å². The molecule has 4 nitrogen and oxygen atoms in total. The van der Waals surface area contributed by atoms with Crippen LogP contribution < -0.4 is 5.32 Å². The molecule has 0 atom stereocenters. The van der Waals surface area contributed by atoms with Crippen LogP contribution in [-0.2, 0) is 0 Å². The maximum atomic E-state index is 10.7. The van der Waals surface area contributed by atoms with Gasteiger partial charge < -0.3 is 10.4 Å². The SMILES string of the molecule is Cc1c(I)cccc1Nc1ccc(C(=O)O)nc1. The number of carboxylic acid groups (broad SMARTS) is 1. The minimum atomic E-state index is -1.02. The van der Waals surface area contributed by atoms with Crippen molar-refractivity contribution in [3.05, 3.63) is 51.4 Å². The van der Waals surface area contributed by atoms with E-state index in [9.17, 15) is 4.79 Å². The Balaban J connectivity index is 2.24. The van der Waals surface area contributed by atoms with Crippen molar-refractivity contribution >= 4 is 39.9 Å². The number of hydrogen-bond donors (Lipinski definition) is 2. The molecule has 0 fully saturated rings. The smallest absolute Gasteiger partial charge is 0.354 e. The predicted octanol–water partition coefficient (Wildman–Crippen LogP) is 3.44. The van der Waals surface area contributed by atoms with E-state index in [1.54, 1.807) is 6.07 Å². The molecular formula is C13H11IN2O2. The molecule has 0 aliphatic heterocycles. The molecule has 0 amide bonds. The number of aromatic nitrogens is 1. The highest BCUT2D eigenvalue weighted by molar-refractivity contribution is 14.1. The molecule has 0 spiro atoms. The van der Waals surface area contributed by atoms with Gasteiger partial charge in [-0.1, -0.05) is 6.07 Å². The molecule has 2 rings (SSSR count). The molecule has 1 aromatic heterocycles. The lowest BCUT2D eigenvalue weighted by Crippen LogP contribution is -2.01. The predicted molar refractivity (Wildman–Crippen MR) is 78.4 cm³/mol. The lowest BCUT2D eigenvalue weighted by molar-refractivity contribution is 0.0690. The Morgan fingerprint density at radius 3 is 2.72 bits per heavy atom.